The molecule has 2 amide bonds. The Morgan fingerprint density at radius 2 is 2.17 bits per heavy atom. The van der Waals surface area contributed by atoms with Crippen LogP contribution in [-0.2, 0) is 19.1 Å². The summed E-state index contributed by atoms with van der Waals surface area (Å²) in [7, 11) is 1.65. The number of morpholine rings is 1. The van der Waals surface area contributed by atoms with Gasteiger partial charge in [0.1, 0.15) is 6.61 Å². The molecule has 2 fully saturated rings. The molecule has 2 N–H and O–H groups in total. The number of rotatable bonds is 4. The lowest BCUT2D eigenvalue weighted by Crippen LogP contribution is -2.41. The summed E-state index contributed by atoms with van der Waals surface area (Å²) in [5.41, 5.74) is 1.52. The molecule has 3 rings (SSSR count). The molecule has 0 unspecified atom stereocenters. The largest absolute Gasteiger partial charge is 0.380 e. The van der Waals surface area contributed by atoms with Gasteiger partial charge >= 0.3 is 0 Å². The van der Waals surface area contributed by atoms with Gasteiger partial charge in [-0.15, -0.1) is 0 Å². The molecule has 23 heavy (non-hydrogen) atoms. The van der Waals surface area contributed by atoms with Crippen LogP contribution in [0.1, 0.15) is 6.42 Å². The summed E-state index contributed by atoms with van der Waals surface area (Å²) < 4.78 is 10.4. The topological polar surface area (TPSA) is 79.9 Å². The van der Waals surface area contributed by atoms with Crippen LogP contribution in [0.2, 0.25) is 0 Å². The van der Waals surface area contributed by atoms with Gasteiger partial charge in [-0.05, 0) is 30.7 Å². The first-order valence-corrected chi connectivity index (χ1v) is 7.72. The average molecular weight is 319 g/mol. The van der Waals surface area contributed by atoms with Crippen molar-refractivity contribution in [2.75, 3.05) is 43.6 Å². The summed E-state index contributed by atoms with van der Waals surface area (Å²) in [6.45, 7) is 1.90. The number of hydrogen-bond acceptors (Lipinski definition) is 5. The van der Waals surface area contributed by atoms with E-state index in [1.54, 1.807) is 24.1 Å². The van der Waals surface area contributed by atoms with Crippen LogP contribution in [0.3, 0.4) is 0 Å². The zero-order valence-electron chi connectivity index (χ0n) is 13.1. The van der Waals surface area contributed by atoms with Gasteiger partial charge in [0.2, 0.25) is 5.91 Å². The van der Waals surface area contributed by atoms with Crippen LogP contribution >= 0.6 is 0 Å². The molecule has 1 aromatic carbocycles. The molecule has 2 heterocycles. The van der Waals surface area contributed by atoms with Gasteiger partial charge in [-0.1, -0.05) is 0 Å². The average Bonchev–Trinajstić information content (AvgIpc) is 3.05. The van der Waals surface area contributed by atoms with E-state index >= 15 is 0 Å². The number of amides is 2. The summed E-state index contributed by atoms with van der Waals surface area (Å²) in [4.78, 5) is 25.7. The van der Waals surface area contributed by atoms with Crippen molar-refractivity contribution in [3.8, 4) is 0 Å². The molecule has 0 aliphatic carbocycles. The highest BCUT2D eigenvalue weighted by Gasteiger charge is 2.29. The number of methoxy groups -OCH3 is 1. The Labute approximate surface area is 134 Å². The fourth-order valence-electron chi connectivity index (χ4n) is 2.83. The van der Waals surface area contributed by atoms with Gasteiger partial charge < -0.3 is 25.0 Å². The molecule has 0 spiro atoms. The molecule has 7 heteroatoms. The highest BCUT2D eigenvalue weighted by atomic mass is 16.5. The fourth-order valence-corrected chi connectivity index (χ4v) is 2.83. The van der Waals surface area contributed by atoms with Crippen LogP contribution in [0.15, 0.2) is 24.3 Å². The third-order valence-corrected chi connectivity index (χ3v) is 4.17. The van der Waals surface area contributed by atoms with Crippen LogP contribution in [0.25, 0.3) is 0 Å². The van der Waals surface area contributed by atoms with E-state index in [2.05, 4.69) is 10.6 Å². The molecule has 2 aliphatic rings. The predicted octanol–water partition coefficient (Wildman–Crippen LogP) is 0.365. The monoisotopic (exact) mass is 319 g/mol. The Kier molecular flexibility index (Phi) is 4.90. The second kappa shape index (κ2) is 7.08. The SMILES string of the molecule is CO[C@H]1CN[C@@H](C(=O)Nc2ccc(N3CCOCC3=O)cc2)C1. The molecule has 124 valence electrons. The Bertz CT molecular complexity index is 575. The molecule has 0 radical (unpaired) electrons. The minimum atomic E-state index is -0.236. The molecule has 7 nitrogen and oxygen atoms in total. The lowest BCUT2D eigenvalue weighted by molar-refractivity contribution is -0.125. The van der Waals surface area contributed by atoms with Crippen molar-refractivity contribution in [1.29, 1.82) is 0 Å². The van der Waals surface area contributed by atoms with Crippen LogP contribution in [-0.4, -0.2) is 57.4 Å². The first kappa shape index (κ1) is 15.9. The highest BCUT2D eigenvalue weighted by molar-refractivity contribution is 5.97. The molecule has 2 saturated heterocycles. The Morgan fingerprint density at radius 1 is 1.39 bits per heavy atom. The maximum absolute atomic E-state index is 12.2. The summed E-state index contributed by atoms with van der Waals surface area (Å²) in [5.74, 6) is -0.117. The van der Waals surface area contributed by atoms with Crippen molar-refractivity contribution in [2.24, 2.45) is 0 Å². The number of anilines is 2. The summed E-state index contributed by atoms with van der Waals surface area (Å²) >= 11 is 0. The number of carbonyl (C=O) groups is 2. The van der Waals surface area contributed by atoms with Crippen molar-refractivity contribution in [3.63, 3.8) is 0 Å². The summed E-state index contributed by atoms with van der Waals surface area (Å²) in [6.07, 6.45) is 0.753. The second-order valence-corrected chi connectivity index (χ2v) is 5.69. The van der Waals surface area contributed by atoms with Gasteiger partial charge in [0.05, 0.1) is 18.8 Å². The Morgan fingerprint density at radius 3 is 2.83 bits per heavy atom. The minimum absolute atomic E-state index is 0.0474. The van der Waals surface area contributed by atoms with Crippen molar-refractivity contribution in [1.82, 2.24) is 5.32 Å². The van der Waals surface area contributed by atoms with Crippen molar-refractivity contribution in [2.45, 2.75) is 18.6 Å². The van der Waals surface area contributed by atoms with Crippen LogP contribution in [0, 0.1) is 0 Å². The maximum atomic E-state index is 12.2. The number of hydrogen-bond donors (Lipinski definition) is 2. The van der Waals surface area contributed by atoms with Crippen LogP contribution < -0.4 is 15.5 Å². The van der Waals surface area contributed by atoms with Gasteiger partial charge in [-0.25, -0.2) is 0 Å². The first-order valence-electron chi connectivity index (χ1n) is 7.72. The Balaban J connectivity index is 1.59. The van der Waals surface area contributed by atoms with E-state index in [-0.39, 0.29) is 30.6 Å². The lowest BCUT2D eigenvalue weighted by atomic mass is 10.2. The normalized spacial score (nSPS) is 24.7. The van der Waals surface area contributed by atoms with E-state index < -0.39 is 0 Å². The van der Waals surface area contributed by atoms with E-state index in [1.807, 2.05) is 12.1 Å². The van der Waals surface area contributed by atoms with Gasteiger partial charge in [0.25, 0.3) is 5.91 Å². The quantitative estimate of drug-likeness (QED) is 0.838. The van der Waals surface area contributed by atoms with Gasteiger partial charge in [-0.3, -0.25) is 9.59 Å². The van der Waals surface area contributed by atoms with Crippen molar-refractivity contribution in [3.05, 3.63) is 24.3 Å². The molecule has 2 atom stereocenters. The highest BCUT2D eigenvalue weighted by Crippen LogP contribution is 2.20. The number of nitrogens with one attached hydrogen (secondary N) is 2. The number of ether oxygens (including phenoxy) is 2. The van der Waals surface area contributed by atoms with Crippen molar-refractivity contribution < 1.29 is 19.1 Å². The van der Waals surface area contributed by atoms with Crippen molar-refractivity contribution >= 4 is 23.2 Å². The zero-order valence-corrected chi connectivity index (χ0v) is 13.1. The molecular weight excluding hydrogens is 298 g/mol. The third kappa shape index (κ3) is 3.69. The number of benzene rings is 1. The third-order valence-electron chi connectivity index (χ3n) is 4.17. The Hall–Kier alpha value is -1.96. The molecule has 1 aromatic rings. The number of carbonyl (C=O) groups excluding carboxylic acids is 2. The molecule has 0 aromatic heterocycles. The second-order valence-electron chi connectivity index (χ2n) is 5.69. The van der Waals surface area contributed by atoms with Gasteiger partial charge in [0, 0.05) is 31.6 Å². The van der Waals surface area contributed by atoms with Crippen LogP contribution in [0.4, 0.5) is 11.4 Å². The van der Waals surface area contributed by atoms with E-state index in [9.17, 15) is 9.59 Å². The zero-order chi connectivity index (χ0) is 16.2. The molecule has 0 saturated carbocycles. The lowest BCUT2D eigenvalue weighted by Gasteiger charge is -2.27. The standard InChI is InChI=1S/C16H21N3O4/c1-22-13-8-14(17-9-13)16(21)18-11-2-4-12(5-3-11)19-6-7-23-10-15(19)20/h2-5,13-14,17H,6-10H2,1H3,(H,18,21)/t13-,14-/m1/s1. The number of nitrogens with zero attached hydrogens (tertiary/aromatic N) is 1. The smallest absolute Gasteiger partial charge is 0.253 e. The summed E-state index contributed by atoms with van der Waals surface area (Å²) in [6, 6.07) is 7.04. The van der Waals surface area contributed by atoms with E-state index in [4.69, 9.17) is 9.47 Å². The van der Waals surface area contributed by atoms with Gasteiger partial charge in [-0.2, -0.15) is 0 Å². The molecule has 2 aliphatic heterocycles. The molecule has 0 bridgehead atoms. The maximum Gasteiger partial charge on any atom is 0.253 e. The van der Waals surface area contributed by atoms with Crippen LogP contribution in [0.5, 0.6) is 0 Å². The predicted molar refractivity (Wildman–Crippen MR) is 85.4 cm³/mol. The molecular formula is C16H21N3O4. The van der Waals surface area contributed by atoms with E-state index in [0.29, 0.717) is 31.8 Å². The van der Waals surface area contributed by atoms with E-state index in [1.165, 1.54) is 0 Å². The van der Waals surface area contributed by atoms with E-state index in [0.717, 1.165) is 5.69 Å². The first-order chi connectivity index (χ1) is 11.2. The summed E-state index contributed by atoms with van der Waals surface area (Å²) in [5, 5.41) is 6.03. The fraction of sp³-hybridized carbons (Fsp3) is 0.500. The minimum Gasteiger partial charge on any atom is -0.380 e. The van der Waals surface area contributed by atoms with Gasteiger partial charge in [0.15, 0.2) is 0 Å².